The van der Waals surface area contributed by atoms with Crippen molar-refractivity contribution in [2.24, 2.45) is 16.7 Å². The average molecular weight is 908 g/mol. The van der Waals surface area contributed by atoms with Gasteiger partial charge < -0.3 is 49.1 Å². The molecule has 5 aliphatic rings. The molecule has 3 aromatic rings. The quantitative estimate of drug-likeness (QED) is 0.161. The first kappa shape index (κ1) is 46.3. The van der Waals surface area contributed by atoms with Gasteiger partial charge in [0, 0.05) is 30.7 Å². The van der Waals surface area contributed by atoms with Crippen molar-refractivity contribution in [2.45, 2.75) is 108 Å². The van der Waals surface area contributed by atoms with E-state index in [9.17, 15) is 39.3 Å². The van der Waals surface area contributed by atoms with Gasteiger partial charge in [0.1, 0.15) is 36.3 Å². The van der Waals surface area contributed by atoms with E-state index in [1.807, 2.05) is 0 Å². The molecule has 348 valence electrons. The second-order valence-electron chi connectivity index (χ2n) is 18.4. The number of amides is 1. The van der Waals surface area contributed by atoms with Crippen LogP contribution in [0, 0.1) is 16.7 Å². The van der Waals surface area contributed by atoms with E-state index < -0.39 is 113 Å². The van der Waals surface area contributed by atoms with E-state index in [0.29, 0.717) is 5.75 Å². The molecule has 3 fully saturated rings. The Labute approximate surface area is 380 Å². The van der Waals surface area contributed by atoms with Crippen molar-refractivity contribution in [1.29, 1.82) is 0 Å². The number of fused-ring (bicyclic) bond motifs is 4. The number of hydrogen-bond acceptors (Lipinski definition) is 15. The molecule has 0 radical (unpaired) electrons. The number of ether oxygens (including phenoxy) is 6. The van der Waals surface area contributed by atoms with E-state index in [1.54, 1.807) is 86.7 Å². The predicted octanol–water partition coefficient (Wildman–Crippen LogP) is 4.05. The van der Waals surface area contributed by atoms with Crippen LogP contribution >= 0.6 is 0 Å². The summed E-state index contributed by atoms with van der Waals surface area (Å²) in [6.07, 6.45) is -8.02. The second kappa shape index (κ2) is 17.5. The minimum Gasteiger partial charge on any atom is -0.490 e. The Kier molecular flexibility index (Phi) is 12.3. The maximum absolute atomic E-state index is 15.7. The number of nitrogens with one attached hydrogen (secondary N) is 1. The highest BCUT2D eigenvalue weighted by molar-refractivity contribution is 5.96. The first-order chi connectivity index (χ1) is 31.3. The third-order valence-corrected chi connectivity index (χ3v) is 14.3. The molecule has 2 aliphatic heterocycles. The van der Waals surface area contributed by atoms with Gasteiger partial charge in [0.15, 0.2) is 23.6 Å². The van der Waals surface area contributed by atoms with Gasteiger partial charge in [0.2, 0.25) is 0 Å². The first-order valence-electron chi connectivity index (χ1n) is 21.9. The van der Waals surface area contributed by atoms with Gasteiger partial charge in [0.05, 0.1) is 42.1 Å². The van der Waals surface area contributed by atoms with Crippen LogP contribution in [0.25, 0.3) is 0 Å². The standard InChI is InChI=1S/C50H53NO15/c1-27-33-25-50(60)43(65-45(58)30-17-10-7-11-18-30)41-48(5,42(56)40(63-28(2)52)37(27)47(50,3)4)34(53)24-35-49(41,26-62-35)66-36(54)21-12-13-22-61-32-20-14-19-31(23-32)38(39(55)46(59)64-33)51-44(57)29-15-8-6-9-16-29/h6-20,23,33-35,38-41,43,53,55,60H,21-22,24-26H2,1-5H3,(H,51,57)/b13-12+/t33-,34-,35+,38-,39+,40+,41?,43-,48+,49-,50+/m0/s1. The largest absolute Gasteiger partial charge is 0.490 e. The van der Waals surface area contributed by atoms with Crippen LogP contribution in [0.5, 0.6) is 5.75 Å². The zero-order valence-electron chi connectivity index (χ0n) is 37.1. The number of rotatable bonds is 5. The third-order valence-electron chi connectivity index (χ3n) is 14.3. The Hall–Kier alpha value is -6.20. The number of benzene rings is 3. The van der Waals surface area contributed by atoms with E-state index in [0.717, 1.165) is 6.92 Å². The number of hydrogen-bond donors (Lipinski definition) is 4. The van der Waals surface area contributed by atoms with Crippen LogP contribution in [-0.4, -0.2) is 112 Å². The molecule has 3 aromatic carbocycles. The highest BCUT2D eigenvalue weighted by Crippen LogP contribution is 2.64. The summed E-state index contributed by atoms with van der Waals surface area (Å²) in [6.45, 7) is 6.75. The van der Waals surface area contributed by atoms with E-state index in [4.69, 9.17) is 28.4 Å². The monoisotopic (exact) mass is 907 g/mol. The van der Waals surface area contributed by atoms with E-state index in [1.165, 1.54) is 38.1 Å². The van der Waals surface area contributed by atoms with Crippen molar-refractivity contribution in [3.05, 3.63) is 125 Å². The molecule has 66 heavy (non-hydrogen) atoms. The number of carbonyl (C=O) groups excluding carboxylic acids is 6. The minimum atomic E-state index is -2.42. The molecule has 3 aliphatic carbocycles. The van der Waals surface area contributed by atoms with Gasteiger partial charge in [-0.2, -0.15) is 0 Å². The van der Waals surface area contributed by atoms with Gasteiger partial charge in [-0.15, -0.1) is 0 Å². The second-order valence-corrected chi connectivity index (χ2v) is 18.4. The van der Waals surface area contributed by atoms with Crippen LogP contribution in [0.15, 0.2) is 108 Å². The van der Waals surface area contributed by atoms with E-state index in [-0.39, 0.29) is 53.9 Å². The average Bonchev–Trinajstić information content (AvgIpc) is 3.29. The number of ketones is 1. The molecule has 8 rings (SSSR count). The van der Waals surface area contributed by atoms with Gasteiger partial charge in [-0.1, -0.05) is 74.5 Å². The van der Waals surface area contributed by atoms with Crippen molar-refractivity contribution < 1.29 is 72.5 Å². The summed E-state index contributed by atoms with van der Waals surface area (Å²) in [5, 5.41) is 40.8. The molecule has 2 heterocycles. The van der Waals surface area contributed by atoms with Crippen LogP contribution < -0.4 is 10.1 Å². The van der Waals surface area contributed by atoms with Crippen LogP contribution in [0.1, 0.15) is 86.2 Å². The Morgan fingerprint density at radius 3 is 2.20 bits per heavy atom. The fraction of sp³-hybridized carbons (Fsp3) is 0.440. The lowest BCUT2D eigenvalue weighted by molar-refractivity contribution is -0.346. The lowest BCUT2D eigenvalue weighted by Crippen LogP contribution is -2.82. The fourth-order valence-electron chi connectivity index (χ4n) is 10.7. The maximum atomic E-state index is 15.7. The molecule has 16 nitrogen and oxygen atoms in total. The Morgan fingerprint density at radius 1 is 0.864 bits per heavy atom. The predicted molar refractivity (Wildman–Crippen MR) is 231 cm³/mol. The smallest absolute Gasteiger partial charge is 0.338 e. The minimum absolute atomic E-state index is 0.0135. The van der Waals surface area contributed by atoms with Crippen LogP contribution in [0.4, 0.5) is 0 Å². The number of aliphatic hydroxyl groups is 3. The van der Waals surface area contributed by atoms with Gasteiger partial charge in [-0.05, 0) is 67.0 Å². The highest BCUT2D eigenvalue weighted by atomic mass is 16.6. The lowest BCUT2D eigenvalue weighted by atomic mass is 9.44. The Balaban J connectivity index is 1.34. The van der Waals surface area contributed by atoms with Gasteiger partial charge in [-0.3, -0.25) is 19.2 Å². The summed E-state index contributed by atoms with van der Waals surface area (Å²) in [5.41, 5.74) is -7.35. The van der Waals surface area contributed by atoms with Crippen molar-refractivity contribution in [3.8, 4) is 5.75 Å². The number of aliphatic hydroxyl groups excluding tert-OH is 2. The van der Waals surface area contributed by atoms with Crippen molar-refractivity contribution in [3.63, 3.8) is 0 Å². The normalized spacial score (nSPS) is 34.4. The molecule has 11 atom stereocenters. The van der Waals surface area contributed by atoms with Gasteiger partial charge >= 0.3 is 23.9 Å². The summed E-state index contributed by atoms with van der Waals surface area (Å²) in [4.78, 5) is 85.5. The van der Waals surface area contributed by atoms with Crippen molar-refractivity contribution in [2.75, 3.05) is 13.2 Å². The molecular formula is C50H53NO15. The molecule has 0 aromatic heterocycles. The van der Waals surface area contributed by atoms with Crippen LogP contribution in [0.3, 0.4) is 0 Å². The molecule has 2 saturated carbocycles. The first-order valence-corrected chi connectivity index (χ1v) is 21.9. The highest BCUT2D eigenvalue weighted by Gasteiger charge is 2.78. The summed E-state index contributed by atoms with van der Waals surface area (Å²) in [7, 11) is 0. The SMILES string of the molecule is CC(=O)O[C@H]1C(=O)[C@@]2(C)C3[C@H](OC(=O)c4ccccc4)[C@]4(O)C[C@H](OC(=O)[C@H](O)[C@@H](NC(=O)c5ccccc5)c5cccc(c5)OC/C=C/CC(=O)O[C@]35CO[C@@H]5C[C@@H]2O)C(C)=C1C4(C)C. The summed E-state index contributed by atoms with van der Waals surface area (Å²) in [5.74, 6) is -6.67. The zero-order chi connectivity index (χ0) is 47.3. The summed E-state index contributed by atoms with van der Waals surface area (Å²) < 4.78 is 36.8. The van der Waals surface area contributed by atoms with Crippen LogP contribution in [-0.2, 0) is 42.9 Å². The van der Waals surface area contributed by atoms with E-state index >= 15 is 4.79 Å². The molecule has 16 heteroatoms. The number of carbonyl (C=O) groups is 6. The lowest BCUT2D eigenvalue weighted by Gasteiger charge is -2.67. The molecule has 1 amide bonds. The maximum Gasteiger partial charge on any atom is 0.338 e. The summed E-state index contributed by atoms with van der Waals surface area (Å²) >= 11 is 0. The van der Waals surface area contributed by atoms with Crippen LogP contribution in [0.2, 0.25) is 0 Å². The number of Topliss-reactive ketones (excluding diaryl/α,β-unsaturated/α-hetero) is 1. The number of esters is 4. The fourth-order valence-corrected chi connectivity index (χ4v) is 10.7. The molecular weight excluding hydrogens is 855 g/mol. The zero-order valence-corrected chi connectivity index (χ0v) is 37.1. The molecule has 1 spiro atoms. The Bertz CT molecular complexity index is 2490. The molecule has 1 unspecified atom stereocenters. The molecule has 1 saturated heterocycles. The molecule has 4 N–H and O–H groups in total. The van der Waals surface area contributed by atoms with E-state index in [2.05, 4.69) is 5.32 Å². The van der Waals surface area contributed by atoms with Gasteiger partial charge in [0.25, 0.3) is 5.91 Å². The Morgan fingerprint density at radius 2 is 1.55 bits per heavy atom. The third kappa shape index (κ3) is 7.78. The topological polar surface area (TPSA) is 231 Å². The van der Waals surface area contributed by atoms with Crippen molar-refractivity contribution >= 4 is 35.6 Å². The molecule has 6 bridgehead atoms. The van der Waals surface area contributed by atoms with Crippen molar-refractivity contribution in [1.82, 2.24) is 5.32 Å². The van der Waals surface area contributed by atoms with Gasteiger partial charge in [-0.25, -0.2) is 9.59 Å². The summed E-state index contributed by atoms with van der Waals surface area (Å²) in [6, 6.07) is 20.9.